The van der Waals surface area contributed by atoms with Crippen LogP contribution in [0.4, 0.5) is 30.5 Å². The van der Waals surface area contributed by atoms with E-state index in [-0.39, 0.29) is 5.69 Å². The van der Waals surface area contributed by atoms with Crippen molar-refractivity contribution in [3.05, 3.63) is 58.1 Å². The number of nitro benzene ring substituents is 1. The number of hydrogen-bond donors (Lipinski definition) is 1. The third-order valence-electron chi connectivity index (χ3n) is 4.79. The van der Waals surface area contributed by atoms with E-state index in [4.69, 9.17) is 0 Å². The van der Waals surface area contributed by atoms with Gasteiger partial charge in [0.25, 0.3) is 5.69 Å². The Kier molecular flexibility index (Phi) is 4.33. The minimum atomic E-state index is -4.37. The third kappa shape index (κ3) is 3.32. The molecule has 10 heteroatoms. The van der Waals surface area contributed by atoms with E-state index >= 15 is 0 Å². The van der Waals surface area contributed by atoms with Crippen molar-refractivity contribution in [1.82, 2.24) is 9.97 Å². The van der Waals surface area contributed by atoms with E-state index in [1.807, 2.05) is 9.80 Å². The smallest absolute Gasteiger partial charge is 0.368 e. The number of H-pyrrole nitrogens is 1. The summed E-state index contributed by atoms with van der Waals surface area (Å²) in [7, 11) is 0. The van der Waals surface area contributed by atoms with Gasteiger partial charge in [-0.1, -0.05) is 12.1 Å². The molecule has 1 aromatic heterocycles. The number of aromatic amines is 1. The van der Waals surface area contributed by atoms with Gasteiger partial charge in [0.1, 0.15) is 0 Å². The summed E-state index contributed by atoms with van der Waals surface area (Å²) in [5.74, 6) is 0.521. The maximum Gasteiger partial charge on any atom is 0.416 e. The van der Waals surface area contributed by atoms with Crippen LogP contribution in [-0.4, -0.2) is 41.1 Å². The molecule has 7 nitrogen and oxygen atoms in total. The Morgan fingerprint density at radius 1 is 1.04 bits per heavy atom. The lowest BCUT2D eigenvalue weighted by Crippen LogP contribution is -2.47. The molecule has 0 saturated carbocycles. The zero-order valence-corrected chi connectivity index (χ0v) is 14.6. The summed E-state index contributed by atoms with van der Waals surface area (Å²) >= 11 is 0. The van der Waals surface area contributed by atoms with Gasteiger partial charge in [0.05, 0.1) is 16.0 Å². The highest BCUT2D eigenvalue weighted by Crippen LogP contribution is 2.32. The van der Waals surface area contributed by atoms with Crippen LogP contribution in [0.2, 0.25) is 0 Å². The normalized spacial score (nSPS) is 15.2. The van der Waals surface area contributed by atoms with Gasteiger partial charge in [-0.15, -0.1) is 0 Å². The first kappa shape index (κ1) is 18.1. The molecule has 1 fully saturated rings. The number of anilines is 2. The Morgan fingerprint density at radius 3 is 2.39 bits per heavy atom. The van der Waals surface area contributed by atoms with Crippen LogP contribution in [0, 0.1) is 10.1 Å². The number of fused-ring (bicyclic) bond motifs is 1. The molecular formula is C18H16F3N5O2. The van der Waals surface area contributed by atoms with Crippen LogP contribution in [0.3, 0.4) is 0 Å². The van der Waals surface area contributed by atoms with Crippen molar-refractivity contribution >= 4 is 28.4 Å². The topological polar surface area (TPSA) is 78.3 Å². The van der Waals surface area contributed by atoms with Crippen LogP contribution < -0.4 is 9.80 Å². The molecule has 1 N–H and O–H groups in total. The number of benzene rings is 2. The molecule has 0 atom stereocenters. The first-order valence-corrected chi connectivity index (χ1v) is 8.63. The predicted octanol–water partition coefficient (Wildman–Crippen LogP) is 3.82. The molecule has 146 valence electrons. The summed E-state index contributed by atoms with van der Waals surface area (Å²) in [6.07, 6.45) is -4.37. The Morgan fingerprint density at radius 2 is 1.71 bits per heavy atom. The summed E-state index contributed by atoms with van der Waals surface area (Å²) < 4.78 is 38.8. The number of nitro groups is 1. The molecule has 2 aromatic carbocycles. The van der Waals surface area contributed by atoms with Crippen molar-refractivity contribution in [1.29, 1.82) is 0 Å². The van der Waals surface area contributed by atoms with E-state index in [9.17, 15) is 23.3 Å². The highest BCUT2D eigenvalue weighted by Gasteiger charge is 2.31. The SMILES string of the molecule is O=[N+]([O-])c1cccc2[nH]c(N3CCN(c4cccc(C(F)(F)F)c4)CC3)nc12. The van der Waals surface area contributed by atoms with E-state index < -0.39 is 16.7 Å². The first-order valence-electron chi connectivity index (χ1n) is 8.63. The molecule has 0 bridgehead atoms. The number of halogens is 3. The number of piperazine rings is 1. The summed E-state index contributed by atoms with van der Waals surface area (Å²) in [5.41, 5.74) is 0.654. The summed E-state index contributed by atoms with van der Waals surface area (Å²) in [6, 6.07) is 9.99. The van der Waals surface area contributed by atoms with E-state index in [1.54, 1.807) is 18.2 Å². The zero-order chi connectivity index (χ0) is 19.9. The number of para-hydroxylation sites is 1. The van der Waals surface area contributed by atoms with Gasteiger partial charge in [0.2, 0.25) is 5.95 Å². The lowest BCUT2D eigenvalue weighted by molar-refractivity contribution is -0.383. The fourth-order valence-corrected chi connectivity index (χ4v) is 3.36. The number of aromatic nitrogens is 2. The second kappa shape index (κ2) is 6.70. The van der Waals surface area contributed by atoms with Crippen LogP contribution in [0.1, 0.15) is 5.56 Å². The Hall–Kier alpha value is -3.30. The first-order chi connectivity index (χ1) is 13.3. The standard InChI is InChI=1S/C18H16F3N5O2/c19-18(20,21)12-3-1-4-13(11-12)24-7-9-25(10-8-24)17-22-14-5-2-6-15(26(27)28)16(14)23-17/h1-6,11H,7-10H2,(H,22,23). The van der Waals surface area contributed by atoms with Crippen LogP contribution in [0.5, 0.6) is 0 Å². The molecule has 0 amide bonds. The lowest BCUT2D eigenvalue weighted by atomic mass is 10.1. The van der Waals surface area contributed by atoms with E-state index in [0.717, 1.165) is 12.1 Å². The average molecular weight is 391 g/mol. The summed E-state index contributed by atoms with van der Waals surface area (Å²) in [5, 5.41) is 11.1. The van der Waals surface area contributed by atoms with Gasteiger partial charge in [-0.05, 0) is 24.3 Å². The highest BCUT2D eigenvalue weighted by molar-refractivity contribution is 5.86. The number of non-ortho nitro benzene ring substituents is 1. The fraction of sp³-hybridized carbons (Fsp3) is 0.278. The van der Waals surface area contributed by atoms with Crippen LogP contribution >= 0.6 is 0 Å². The number of imidazole rings is 1. The summed E-state index contributed by atoms with van der Waals surface area (Å²) in [4.78, 5) is 22.0. The van der Waals surface area contributed by atoms with Gasteiger partial charge < -0.3 is 14.8 Å². The van der Waals surface area contributed by atoms with E-state index in [0.29, 0.717) is 48.8 Å². The molecule has 1 saturated heterocycles. The van der Waals surface area contributed by atoms with Crippen molar-refractivity contribution in [3.63, 3.8) is 0 Å². The van der Waals surface area contributed by atoms with Crippen molar-refractivity contribution in [2.45, 2.75) is 6.18 Å². The Bertz CT molecular complexity index is 1030. The molecule has 0 radical (unpaired) electrons. The van der Waals surface area contributed by atoms with Gasteiger partial charge in [-0.2, -0.15) is 13.2 Å². The largest absolute Gasteiger partial charge is 0.416 e. The van der Waals surface area contributed by atoms with Crippen LogP contribution in [0.25, 0.3) is 11.0 Å². The van der Waals surface area contributed by atoms with Crippen LogP contribution in [0.15, 0.2) is 42.5 Å². The predicted molar refractivity (Wildman–Crippen MR) is 98.6 cm³/mol. The molecule has 1 aliphatic heterocycles. The minimum absolute atomic E-state index is 0.0670. The minimum Gasteiger partial charge on any atom is -0.368 e. The molecule has 28 heavy (non-hydrogen) atoms. The molecule has 1 aliphatic rings. The average Bonchev–Trinajstić information content (AvgIpc) is 3.11. The fourth-order valence-electron chi connectivity index (χ4n) is 3.36. The number of nitrogens with one attached hydrogen (secondary N) is 1. The highest BCUT2D eigenvalue weighted by atomic mass is 19.4. The van der Waals surface area contributed by atoms with E-state index in [1.165, 1.54) is 12.1 Å². The monoisotopic (exact) mass is 391 g/mol. The second-order valence-corrected chi connectivity index (χ2v) is 6.51. The van der Waals surface area contributed by atoms with Crippen molar-refractivity contribution < 1.29 is 18.1 Å². The molecule has 2 heterocycles. The molecule has 0 aliphatic carbocycles. The van der Waals surface area contributed by atoms with Gasteiger partial charge in [0.15, 0.2) is 5.52 Å². The lowest BCUT2D eigenvalue weighted by Gasteiger charge is -2.36. The number of hydrogen-bond acceptors (Lipinski definition) is 5. The Labute approximate surface area is 157 Å². The summed E-state index contributed by atoms with van der Waals surface area (Å²) in [6.45, 7) is 2.09. The maximum atomic E-state index is 12.9. The van der Waals surface area contributed by atoms with Crippen molar-refractivity contribution in [2.75, 3.05) is 36.0 Å². The number of rotatable bonds is 3. The van der Waals surface area contributed by atoms with Gasteiger partial charge in [0, 0.05) is 37.9 Å². The van der Waals surface area contributed by atoms with Crippen molar-refractivity contribution in [2.24, 2.45) is 0 Å². The third-order valence-corrected chi connectivity index (χ3v) is 4.79. The molecule has 0 unspecified atom stereocenters. The quantitative estimate of drug-likeness (QED) is 0.543. The molecule has 3 aromatic rings. The maximum absolute atomic E-state index is 12.9. The number of alkyl halides is 3. The van der Waals surface area contributed by atoms with Crippen LogP contribution in [-0.2, 0) is 6.18 Å². The van der Waals surface area contributed by atoms with E-state index in [2.05, 4.69) is 9.97 Å². The van der Waals surface area contributed by atoms with Gasteiger partial charge in [-0.3, -0.25) is 10.1 Å². The molecule has 4 rings (SSSR count). The van der Waals surface area contributed by atoms with Gasteiger partial charge >= 0.3 is 6.18 Å². The van der Waals surface area contributed by atoms with Gasteiger partial charge in [-0.25, -0.2) is 4.98 Å². The second-order valence-electron chi connectivity index (χ2n) is 6.51. The molecular weight excluding hydrogens is 375 g/mol. The molecule has 0 spiro atoms. The zero-order valence-electron chi connectivity index (χ0n) is 14.6. The number of nitrogens with zero attached hydrogens (tertiary/aromatic N) is 4. The van der Waals surface area contributed by atoms with Crippen molar-refractivity contribution in [3.8, 4) is 0 Å². The Balaban J connectivity index is 1.51.